The minimum Gasteiger partial charge on any atom is -0.481 e. The minimum atomic E-state index is -0.665. The van der Waals surface area contributed by atoms with Crippen LogP contribution in [0.1, 0.15) is 91.4 Å². The summed E-state index contributed by atoms with van der Waals surface area (Å²) in [6.45, 7) is 7.23. The molecule has 4 N–H and O–H groups in total. The summed E-state index contributed by atoms with van der Waals surface area (Å²) in [5.41, 5.74) is 7.78. The fourth-order valence-electron chi connectivity index (χ4n) is 8.81. The van der Waals surface area contributed by atoms with Crippen LogP contribution in [-0.2, 0) is 4.79 Å². The molecule has 4 fully saturated rings. The molecule has 0 bridgehead atoms. The Morgan fingerprint density at radius 2 is 1.79 bits per heavy atom. The highest BCUT2D eigenvalue weighted by Crippen LogP contribution is 2.69. The number of aliphatic hydroxyl groups excluding tert-OH is 1. The van der Waals surface area contributed by atoms with Crippen LogP contribution in [0.4, 0.5) is 0 Å². The third-order valence-electron chi connectivity index (χ3n) is 10.6. The second-order valence-electron chi connectivity index (χ2n) is 11.5. The number of aliphatic hydroxyl groups is 1. The standard InChI is InChI=1S/C24H41NO3/c1-15(4-9-21(27)28)18-7-8-19-20-6-5-16-14-17(26)10-11-23(16,3)24(20,25)13-12-22(18,19)2/h15-20,26H,4-14,25H2,1-3H3,(H,27,28)/t15-,16+,17+,18-,19+,20?,22-,23?,24-/m1/s1. The fraction of sp³-hybridized carbons (Fsp3) is 0.958. The van der Waals surface area contributed by atoms with Crippen LogP contribution in [0, 0.1) is 40.4 Å². The summed E-state index contributed by atoms with van der Waals surface area (Å²) in [6.07, 6.45) is 11.2. The van der Waals surface area contributed by atoms with E-state index in [0.29, 0.717) is 41.4 Å². The van der Waals surface area contributed by atoms with Crippen LogP contribution in [0.2, 0.25) is 0 Å². The smallest absolute Gasteiger partial charge is 0.303 e. The zero-order chi connectivity index (χ0) is 20.3. The number of rotatable bonds is 4. The van der Waals surface area contributed by atoms with Gasteiger partial charge in [0.25, 0.3) is 0 Å². The molecule has 0 saturated heterocycles. The monoisotopic (exact) mass is 391 g/mol. The summed E-state index contributed by atoms with van der Waals surface area (Å²) in [5, 5.41) is 19.3. The molecule has 0 aromatic rings. The number of carboxylic acid groups (broad SMARTS) is 1. The molecule has 0 amide bonds. The fourth-order valence-corrected chi connectivity index (χ4v) is 8.81. The Morgan fingerprint density at radius 3 is 2.50 bits per heavy atom. The van der Waals surface area contributed by atoms with E-state index in [1.807, 2.05) is 0 Å². The molecule has 2 unspecified atom stereocenters. The number of aliphatic carboxylic acids is 1. The molecule has 4 aliphatic carbocycles. The number of fused-ring (bicyclic) bond motifs is 5. The Hall–Kier alpha value is -0.610. The Labute approximate surface area is 170 Å². The predicted molar refractivity (Wildman–Crippen MR) is 111 cm³/mol. The van der Waals surface area contributed by atoms with Crippen molar-refractivity contribution in [3.63, 3.8) is 0 Å². The van der Waals surface area contributed by atoms with Gasteiger partial charge in [-0.1, -0.05) is 20.8 Å². The van der Waals surface area contributed by atoms with E-state index in [0.717, 1.165) is 32.1 Å². The zero-order valence-electron chi connectivity index (χ0n) is 18.1. The number of carboxylic acids is 1. The second kappa shape index (κ2) is 6.97. The molecule has 0 aromatic heterocycles. The average molecular weight is 392 g/mol. The van der Waals surface area contributed by atoms with Gasteiger partial charge in [0.1, 0.15) is 0 Å². The van der Waals surface area contributed by atoms with E-state index in [2.05, 4.69) is 20.8 Å². The molecule has 9 atom stereocenters. The first-order valence-corrected chi connectivity index (χ1v) is 11.8. The molecule has 0 aromatic carbocycles. The van der Waals surface area contributed by atoms with Gasteiger partial charge in [0.15, 0.2) is 0 Å². The van der Waals surface area contributed by atoms with Crippen LogP contribution in [0.25, 0.3) is 0 Å². The molecule has 0 heterocycles. The highest BCUT2D eigenvalue weighted by atomic mass is 16.4. The normalized spacial score (nSPS) is 51.7. The van der Waals surface area contributed by atoms with E-state index in [1.54, 1.807) is 0 Å². The highest BCUT2D eigenvalue weighted by molar-refractivity contribution is 5.66. The first-order chi connectivity index (χ1) is 13.1. The van der Waals surface area contributed by atoms with Gasteiger partial charge in [-0.05, 0) is 105 Å². The highest BCUT2D eigenvalue weighted by Gasteiger charge is 2.66. The van der Waals surface area contributed by atoms with Crippen LogP contribution in [0.3, 0.4) is 0 Å². The van der Waals surface area contributed by atoms with Gasteiger partial charge < -0.3 is 15.9 Å². The summed E-state index contributed by atoms with van der Waals surface area (Å²) in [4.78, 5) is 11.1. The third kappa shape index (κ3) is 2.88. The van der Waals surface area contributed by atoms with Gasteiger partial charge in [-0.3, -0.25) is 4.79 Å². The van der Waals surface area contributed by atoms with E-state index in [4.69, 9.17) is 10.8 Å². The van der Waals surface area contributed by atoms with Crippen LogP contribution in [-0.4, -0.2) is 27.8 Å². The Bertz CT molecular complexity index is 623. The van der Waals surface area contributed by atoms with Crippen molar-refractivity contribution in [3.8, 4) is 0 Å². The van der Waals surface area contributed by atoms with Crippen molar-refractivity contribution in [2.24, 2.45) is 46.2 Å². The summed E-state index contributed by atoms with van der Waals surface area (Å²) in [7, 11) is 0. The Morgan fingerprint density at radius 1 is 1.07 bits per heavy atom. The quantitative estimate of drug-likeness (QED) is 0.654. The topological polar surface area (TPSA) is 83.5 Å². The maximum atomic E-state index is 11.1. The molecular weight excluding hydrogens is 350 g/mol. The van der Waals surface area contributed by atoms with Crippen molar-refractivity contribution in [2.75, 3.05) is 0 Å². The largest absolute Gasteiger partial charge is 0.481 e. The molecule has 28 heavy (non-hydrogen) atoms. The van der Waals surface area contributed by atoms with Gasteiger partial charge >= 0.3 is 5.97 Å². The molecule has 160 valence electrons. The minimum absolute atomic E-state index is 0.0839. The van der Waals surface area contributed by atoms with Crippen molar-refractivity contribution >= 4 is 5.97 Å². The number of hydrogen-bond donors (Lipinski definition) is 3. The molecule has 4 heteroatoms. The molecule has 0 spiro atoms. The summed E-state index contributed by atoms with van der Waals surface area (Å²) in [6, 6.07) is 0. The number of hydrogen-bond acceptors (Lipinski definition) is 3. The van der Waals surface area contributed by atoms with Gasteiger partial charge in [0.2, 0.25) is 0 Å². The summed E-state index contributed by atoms with van der Waals surface area (Å²) < 4.78 is 0. The molecule has 4 saturated carbocycles. The van der Waals surface area contributed by atoms with E-state index in [-0.39, 0.29) is 17.1 Å². The van der Waals surface area contributed by atoms with Gasteiger partial charge in [-0.2, -0.15) is 0 Å². The van der Waals surface area contributed by atoms with E-state index in [9.17, 15) is 9.90 Å². The lowest BCUT2D eigenvalue weighted by atomic mass is 9.41. The molecule has 0 aliphatic heterocycles. The zero-order valence-corrected chi connectivity index (χ0v) is 18.1. The maximum absolute atomic E-state index is 11.1. The van der Waals surface area contributed by atoms with E-state index >= 15 is 0 Å². The lowest BCUT2D eigenvalue weighted by molar-refractivity contribution is -0.145. The van der Waals surface area contributed by atoms with Crippen molar-refractivity contribution < 1.29 is 15.0 Å². The van der Waals surface area contributed by atoms with Gasteiger partial charge in [-0.25, -0.2) is 0 Å². The van der Waals surface area contributed by atoms with Crippen molar-refractivity contribution in [2.45, 2.75) is 103 Å². The van der Waals surface area contributed by atoms with Gasteiger partial charge in [0, 0.05) is 12.0 Å². The van der Waals surface area contributed by atoms with Crippen molar-refractivity contribution in [3.05, 3.63) is 0 Å². The van der Waals surface area contributed by atoms with Crippen LogP contribution < -0.4 is 5.73 Å². The molecule has 4 rings (SSSR count). The SMILES string of the molecule is C[C@H](CCC(=O)O)[C@H]1CC[C@H]2C3CC[C@H]4C[C@@H](O)CCC4(C)[C@@]3(N)CC[C@]12C. The van der Waals surface area contributed by atoms with Gasteiger partial charge in [-0.15, -0.1) is 0 Å². The summed E-state index contributed by atoms with van der Waals surface area (Å²) >= 11 is 0. The van der Waals surface area contributed by atoms with Crippen LogP contribution in [0.15, 0.2) is 0 Å². The molecule has 4 aliphatic rings. The van der Waals surface area contributed by atoms with E-state index in [1.165, 1.54) is 32.1 Å². The molecule has 0 radical (unpaired) electrons. The lowest BCUT2D eigenvalue weighted by Gasteiger charge is -2.66. The number of carbonyl (C=O) groups is 1. The Kier molecular flexibility index (Phi) is 5.14. The number of nitrogens with two attached hydrogens (primary N) is 1. The maximum Gasteiger partial charge on any atom is 0.303 e. The van der Waals surface area contributed by atoms with Crippen molar-refractivity contribution in [1.82, 2.24) is 0 Å². The first-order valence-electron chi connectivity index (χ1n) is 11.8. The first kappa shape index (κ1) is 20.7. The van der Waals surface area contributed by atoms with Crippen molar-refractivity contribution in [1.29, 1.82) is 0 Å². The predicted octanol–water partition coefficient (Wildman–Crippen LogP) is 4.59. The lowest BCUT2D eigenvalue weighted by Crippen LogP contribution is -2.70. The van der Waals surface area contributed by atoms with Crippen LogP contribution >= 0.6 is 0 Å². The van der Waals surface area contributed by atoms with E-state index < -0.39 is 5.97 Å². The average Bonchev–Trinajstić information content (AvgIpc) is 2.98. The van der Waals surface area contributed by atoms with Gasteiger partial charge in [0.05, 0.1) is 6.10 Å². The van der Waals surface area contributed by atoms with Crippen LogP contribution in [0.5, 0.6) is 0 Å². The third-order valence-corrected chi connectivity index (χ3v) is 10.6. The Balaban J connectivity index is 1.56. The molecule has 4 nitrogen and oxygen atoms in total. The summed E-state index contributed by atoms with van der Waals surface area (Å²) in [5.74, 6) is 2.32. The second-order valence-corrected chi connectivity index (χ2v) is 11.5. The molecular formula is C24H41NO3.